The highest BCUT2D eigenvalue weighted by Crippen LogP contribution is 2.32. The standard InChI is InChI=1S/C14H16FN3O/c1-9-7-10(15)3-4-11(9)13-17-12(19-18-13)8-14(16)5-2-6-14/h3-4,7H,2,5-6,8,16H2,1H3. The molecule has 1 aliphatic carbocycles. The van der Waals surface area contributed by atoms with Gasteiger partial charge in [0.25, 0.3) is 0 Å². The van der Waals surface area contributed by atoms with Gasteiger partial charge in [0.2, 0.25) is 11.7 Å². The second-order valence-corrected chi connectivity index (χ2v) is 5.36. The van der Waals surface area contributed by atoms with Crippen LogP contribution in [0, 0.1) is 12.7 Å². The number of nitrogens with zero attached hydrogens (tertiary/aromatic N) is 2. The number of halogens is 1. The van der Waals surface area contributed by atoms with Crippen LogP contribution < -0.4 is 5.73 Å². The van der Waals surface area contributed by atoms with E-state index in [0.29, 0.717) is 18.1 Å². The molecule has 1 heterocycles. The lowest BCUT2D eigenvalue weighted by molar-refractivity contribution is 0.222. The maximum atomic E-state index is 13.1. The van der Waals surface area contributed by atoms with E-state index in [2.05, 4.69) is 10.1 Å². The topological polar surface area (TPSA) is 64.9 Å². The van der Waals surface area contributed by atoms with E-state index in [0.717, 1.165) is 30.4 Å². The van der Waals surface area contributed by atoms with Crippen LogP contribution in [-0.2, 0) is 6.42 Å². The van der Waals surface area contributed by atoms with Crippen LogP contribution in [0.15, 0.2) is 22.7 Å². The molecule has 0 radical (unpaired) electrons. The van der Waals surface area contributed by atoms with E-state index in [9.17, 15) is 4.39 Å². The molecular formula is C14H16FN3O. The molecular weight excluding hydrogens is 245 g/mol. The normalized spacial score (nSPS) is 17.2. The first-order valence-electron chi connectivity index (χ1n) is 6.44. The maximum Gasteiger partial charge on any atom is 0.228 e. The first kappa shape index (κ1) is 12.3. The summed E-state index contributed by atoms with van der Waals surface area (Å²) in [5, 5.41) is 3.96. The summed E-state index contributed by atoms with van der Waals surface area (Å²) in [7, 11) is 0. The highest BCUT2D eigenvalue weighted by atomic mass is 19.1. The van der Waals surface area contributed by atoms with Crippen molar-refractivity contribution in [2.45, 2.75) is 38.1 Å². The van der Waals surface area contributed by atoms with Crippen molar-refractivity contribution in [1.82, 2.24) is 10.1 Å². The van der Waals surface area contributed by atoms with E-state index in [-0.39, 0.29) is 11.4 Å². The number of aromatic nitrogens is 2. The summed E-state index contributed by atoms with van der Waals surface area (Å²) >= 11 is 0. The van der Waals surface area contributed by atoms with Crippen LogP contribution in [-0.4, -0.2) is 15.7 Å². The Kier molecular flexibility index (Phi) is 2.86. The summed E-state index contributed by atoms with van der Waals surface area (Å²) in [4.78, 5) is 4.36. The molecule has 1 aromatic heterocycles. The van der Waals surface area contributed by atoms with Crippen LogP contribution in [0.3, 0.4) is 0 Å². The lowest BCUT2D eigenvalue weighted by atomic mass is 9.75. The zero-order valence-electron chi connectivity index (χ0n) is 10.8. The number of hydrogen-bond donors (Lipinski definition) is 1. The molecule has 0 bridgehead atoms. The van der Waals surface area contributed by atoms with Gasteiger partial charge in [-0.15, -0.1) is 0 Å². The molecule has 0 unspecified atom stereocenters. The van der Waals surface area contributed by atoms with Gasteiger partial charge in [0.05, 0.1) is 0 Å². The fourth-order valence-corrected chi connectivity index (χ4v) is 2.42. The van der Waals surface area contributed by atoms with E-state index < -0.39 is 0 Å². The maximum absolute atomic E-state index is 13.1. The monoisotopic (exact) mass is 261 g/mol. The van der Waals surface area contributed by atoms with Crippen molar-refractivity contribution in [2.24, 2.45) is 5.73 Å². The molecule has 0 amide bonds. The molecule has 3 rings (SSSR count). The van der Waals surface area contributed by atoms with Crippen molar-refractivity contribution in [3.05, 3.63) is 35.5 Å². The Hall–Kier alpha value is -1.75. The van der Waals surface area contributed by atoms with E-state index in [4.69, 9.17) is 10.3 Å². The van der Waals surface area contributed by atoms with Crippen LogP contribution in [0.25, 0.3) is 11.4 Å². The Balaban J connectivity index is 1.84. The van der Waals surface area contributed by atoms with Crippen molar-refractivity contribution < 1.29 is 8.91 Å². The van der Waals surface area contributed by atoms with Crippen molar-refractivity contribution in [3.63, 3.8) is 0 Å². The van der Waals surface area contributed by atoms with Gasteiger partial charge in [0.15, 0.2) is 0 Å². The predicted octanol–water partition coefficient (Wildman–Crippen LogP) is 2.61. The quantitative estimate of drug-likeness (QED) is 0.922. The molecule has 100 valence electrons. The molecule has 0 aliphatic heterocycles. The van der Waals surface area contributed by atoms with Gasteiger partial charge in [-0.2, -0.15) is 4.98 Å². The highest BCUT2D eigenvalue weighted by Gasteiger charge is 2.34. The van der Waals surface area contributed by atoms with Crippen molar-refractivity contribution in [2.75, 3.05) is 0 Å². The Labute approximate surface area is 110 Å². The number of benzene rings is 1. The first-order chi connectivity index (χ1) is 9.06. The molecule has 19 heavy (non-hydrogen) atoms. The van der Waals surface area contributed by atoms with E-state index in [1.54, 1.807) is 6.07 Å². The van der Waals surface area contributed by atoms with Crippen molar-refractivity contribution >= 4 is 0 Å². The average Bonchev–Trinajstić information content (AvgIpc) is 2.75. The Morgan fingerprint density at radius 2 is 2.21 bits per heavy atom. The Morgan fingerprint density at radius 3 is 2.84 bits per heavy atom. The minimum Gasteiger partial charge on any atom is -0.339 e. The summed E-state index contributed by atoms with van der Waals surface area (Å²) in [6.07, 6.45) is 3.77. The molecule has 0 atom stereocenters. The van der Waals surface area contributed by atoms with Crippen molar-refractivity contribution in [3.8, 4) is 11.4 Å². The van der Waals surface area contributed by atoms with Gasteiger partial charge >= 0.3 is 0 Å². The molecule has 4 nitrogen and oxygen atoms in total. The van der Waals surface area contributed by atoms with Gasteiger partial charge in [-0.1, -0.05) is 5.16 Å². The first-order valence-corrected chi connectivity index (χ1v) is 6.44. The predicted molar refractivity (Wildman–Crippen MR) is 68.9 cm³/mol. The molecule has 0 spiro atoms. The minimum absolute atomic E-state index is 0.179. The molecule has 5 heteroatoms. The van der Waals surface area contributed by atoms with Crippen LogP contribution in [0.1, 0.15) is 30.7 Å². The molecule has 2 aromatic rings. The molecule has 1 fully saturated rings. The van der Waals surface area contributed by atoms with Gasteiger partial charge in [-0.05, 0) is 49.9 Å². The summed E-state index contributed by atoms with van der Waals surface area (Å²) < 4.78 is 18.3. The van der Waals surface area contributed by atoms with E-state index in [1.165, 1.54) is 12.1 Å². The van der Waals surface area contributed by atoms with Crippen LogP contribution in [0.5, 0.6) is 0 Å². The lowest BCUT2D eigenvalue weighted by Crippen LogP contribution is -2.48. The lowest BCUT2D eigenvalue weighted by Gasteiger charge is -2.36. The Bertz CT molecular complexity index is 604. The zero-order chi connectivity index (χ0) is 13.5. The third kappa shape index (κ3) is 2.38. The van der Waals surface area contributed by atoms with Crippen LogP contribution >= 0.6 is 0 Å². The largest absolute Gasteiger partial charge is 0.339 e. The SMILES string of the molecule is Cc1cc(F)ccc1-c1noc(CC2(N)CCC2)n1. The van der Waals surface area contributed by atoms with Gasteiger partial charge in [0.1, 0.15) is 5.82 Å². The summed E-state index contributed by atoms with van der Waals surface area (Å²) in [5.74, 6) is 0.789. The number of hydrogen-bond acceptors (Lipinski definition) is 4. The third-order valence-corrected chi connectivity index (χ3v) is 3.75. The van der Waals surface area contributed by atoms with Gasteiger partial charge < -0.3 is 10.3 Å². The van der Waals surface area contributed by atoms with E-state index in [1.807, 2.05) is 6.92 Å². The second kappa shape index (κ2) is 4.42. The molecule has 1 saturated carbocycles. The van der Waals surface area contributed by atoms with Crippen molar-refractivity contribution in [1.29, 1.82) is 0 Å². The molecule has 1 aliphatic rings. The second-order valence-electron chi connectivity index (χ2n) is 5.36. The molecule has 0 saturated heterocycles. The number of nitrogens with two attached hydrogens (primary N) is 1. The van der Waals surface area contributed by atoms with Gasteiger partial charge in [-0.3, -0.25) is 0 Å². The molecule has 1 aromatic carbocycles. The van der Waals surface area contributed by atoms with Crippen LogP contribution in [0.4, 0.5) is 4.39 Å². The fourth-order valence-electron chi connectivity index (χ4n) is 2.42. The average molecular weight is 261 g/mol. The summed E-state index contributed by atoms with van der Waals surface area (Å²) in [6, 6.07) is 4.53. The smallest absolute Gasteiger partial charge is 0.228 e. The highest BCUT2D eigenvalue weighted by molar-refractivity contribution is 5.59. The van der Waals surface area contributed by atoms with Crippen LogP contribution in [0.2, 0.25) is 0 Å². The summed E-state index contributed by atoms with van der Waals surface area (Å²) in [5.41, 5.74) is 7.55. The van der Waals surface area contributed by atoms with E-state index >= 15 is 0 Å². The number of aryl methyl sites for hydroxylation is 1. The van der Waals surface area contributed by atoms with Gasteiger partial charge in [-0.25, -0.2) is 4.39 Å². The third-order valence-electron chi connectivity index (χ3n) is 3.75. The minimum atomic E-state index is -0.264. The van der Waals surface area contributed by atoms with Gasteiger partial charge in [0, 0.05) is 17.5 Å². The Morgan fingerprint density at radius 1 is 1.42 bits per heavy atom. The zero-order valence-corrected chi connectivity index (χ0v) is 10.8. The summed E-state index contributed by atoms with van der Waals surface area (Å²) in [6.45, 7) is 1.82. The fraction of sp³-hybridized carbons (Fsp3) is 0.429. The molecule has 2 N–H and O–H groups in total. The number of rotatable bonds is 3.